The summed E-state index contributed by atoms with van der Waals surface area (Å²) >= 11 is 5.15. The molecule has 0 spiro atoms. The predicted molar refractivity (Wildman–Crippen MR) is 48.3 cm³/mol. The number of aromatic amines is 1. The van der Waals surface area contributed by atoms with E-state index >= 15 is 0 Å². The Morgan fingerprint density at radius 3 is 2.17 bits per heavy atom. The van der Waals surface area contributed by atoms with Crippen LogP contribution in [-0.4, -0.2) is 11.3 Å². The van der Waals surface area contributed by atoms with E-state index in [9.17, 15) is 31.1 Å². The molecule has 0 saturated carbocycles. The Morgan fingerprint density at radius 1 is 1.22 bits per heavy atom. The Morgan fingerprint density at radius 2 is 1.78 bits per heavy atom. The van der Waals surface area contributed by atoms with Gasteiger partial charge in [0.05, 0.1) is 11.4 Å². The van der Waals surface area contributed by atoms with E-state index in [2.05, 4.69) is 4.74 Å². The lowest BCUT2D eigenvalue weighted by Gasteiger charge is -2.13. The lowest BCUT2D eigenvalue weighted by Crippen LogP contribution is -2.26. The molecule has 3 nitrogen and oxygen atoms in total. The average Bonchev–Trinajstić information content (AvgIpc) is 2.13. The van der Waals surface area contributed by atoms with Crippen molar-refractivity contribution < 1.29 is 31.1 Å². The molecule has 0 saturated heterocycles. The Hall–Kier alpha value is -1.38. The fourth-order valence-corrected chi connectivity index (χ4v) is 1.34. The van der Waals surface area contributed by atoms with Crippen LogP contribution >= 0.6 is 11.6 Å². The van der Waals surface area contributed by atoms with E-state index < -0.39 is 40.9 Å². The number of H-pyrrole nitrogens is 1. The molecule has 1 aromatic heterocycles. The Balaban J connectivity index is 3.35. The standard InChI is InChI=1S/C8H4ClF6NO2/c9-1-3-5(17)4(7(10,11)12)2-16-6(3)18-8(13,14)15/h2H,1H2,(H,16,17). The van der Waals surface area contributed by atoms with Crippen LogP contribution < -0.4 is 10.2 Å². The summed E-state index contributed by atoms with van der Waals surface area (Å²) in [6.07, 6.45) is -10.0. The number of aromatic nitrogens is 1. The second kappa shape index (κ2) is 4.71. The molecule has 0 atom stereocenters. The van der Waals surface area contributed by atoms with E-state index in [1.807, 2.05) is 0 Å². The molecule has 0 bridgehead atoms. The Bertz CT molecular complexity index is 492. The normalized spacial score (nSPS) is 12.6. The second-order valence-electron chi connectivity index (χ2n) is 3.02. The number of halogens is 7. The number of rotatable bonds is 2. The van der Waals surface area contributed by atoms with Gasteiger partial charge in [-0.3, -0.25) is 4.79 Å². The van der Waals surface area contributed by atoms with Crippen LogP contribution in [-0.2, 0) is 12.1 Å². The molecule has 1 N–H and O–H groups in total. The fourth-order valence-electron chi connectivity index (χ4n) is 1.09. The summed E-state index contributed by atoms with van der Waals surface area (Å²) in [4.78, 5) is 12.9. The second-order valence-corrected chi connectivity index (χ2v) is 3.29. The van der Waals surface area contributed by atoms with E-state index in [1.54, 1.807) is 4.98 Å². The summed E-state index contributed by atoms with van der Waals surface area (Å²) in [5.74, 6) is -2.01. The van der Waals surface area contributed by atoms with Crippen molar-refractivity contribution in [2.45, 2.75) is 18.4 Å². The first-order valence-corrected chi connectivity index (χ1v) is 4.73. The van der Waals surface area contributed by atoms with Gasteiger partial charge in [0.15, 0.2) is 0 Å². The third-order valence-corrected chi connectivity index (χ3v) is 2.06. The molecular weight excluding hydrogens is 292 g/mol. The van der Waals surface area contributed by atoms with Gasteiger partial charge in [-0.1, -0.05) is 0 Å². The average molecular weight is 296 g/mol. The Kier molecular flexibility index (Phi) is 3.84. The van der Waals surface area contributed by atoms with Gasteiger partial charge in [-0.05, 0) is 0 Å². The molecule has 1 rings (SSSR count). The highest BCUT2D eigenvalue weighted by atomic mass is 35.5. The van der Waals surface area contributed by atoms with E-state index in [0.717, 1.165) is 0 Å². The summed E-state index contributed by atoms with van der Waals surface area (Å²) in [5.41, 5.74) is -4.24. The van der Waals surface area contributed by atoms with E-state index in [1.165, 1.54) is 0 Å². The maximum atomic E-state index is 12.3. The van der Waals surface area contributed by atoms with Crippen LogP contribution in [0.4, 0.5) is 26.3 Å². The van der Waals surface area contributed by atoms with Crippen LogP contribution in [0.25, 0.3) is 0 Å². The van der Waals surface area contributed by atoms with Crippen molar-refractivity contribution in [3.05, 3.63) is 27.5 Å². The quantitative estimate of drug-likeness (QED) is 0.673. The van der Waals surface area contributed by atoms with E-state index in [-0.39, 0.29) is 6.20 Å². The van der Waals surface area contributed by atoms with Crippen molar-refractivity contribution in [3.63, 3.8) is 0 Å². The third-order valence-electron chi connectivity index (χ3n) is 1.80. The summed E-state index contributed by atoms with van der Waals surface area (Å²) < 4.78 is 76.0. The molecule has 18 heavy (non-hydrogen) atoms. The van der Waals surface area contributed by atoms with Gasteiger partial charge in [0.2, 0.25) is 11.3 Å². The maximum absolute atomic E-state index is 12.3. The molecule has 0 aromatic carbocycles. The summed E-state index contributed by atoms with van der Waals surface area (Å²) in [7, 11) is 0. The highest BCUT2D eigenvalue weighted by molar-refractivity contribution is 6.17. The van der Waals surface area contributed by atoms with E-state index in [0.29, 0.717) is 0 Å². The zero-order chi connectivity index (χ0) is 14.1. The van der Waals surface area contributed by atoms with Crippen molar-refractivity contribution in [1.29, 1.82) is 0 Å². The smallest absolute Gasteiger partial charge is 0.389 e. The van der Waals surface area contributed by atoms with Crippen molar-refractivity contribution in [1.82, 2.24) is 4.98 Å². The minimum absolute atomic E-state index is 0.0967. The highest BCUT2D eigenvalue weighted by Crippen LogP contribution is 2.29. The number of alkyl halides is 7. The van der Waals surface area contributed by atoms with Crippen LogP contribution in [0.5, 0.6) is 5.88 Å². The third kappa shape index (κ3) is 3.31. The monoisotopic (exact) mass is 295 g/mol. The minimum atomic E-state index is -5.15. The molecule has 0 fully saturated rings. The molecule has 1 heterocycles. The molecule has 1 aromatic rings. The summed E-state index contributed by atoms with van der Waals surface area (Å²) in [6.45, 7) is 0. The Labute approximate surface area is 100 Å². The van der Waals surface area contributed by atoms with Gasteiger partial charge in [0.25, 0.3) is 0 Å². The molecular formula is C8H4ClF6NO2. The molecule has 0 aliphatic carbocycles. The first-order valence-electron chi connectivity index (χ1n) is 4.19. The summed E-state index contributed by atoms with van der Waals surface area (Å²) in [6, 6.07) is 0. The molecule has 0 radical (unpaired) electrons. The molecule has 10 heteroatoms. The van der Waals surface area contributed by atoms with Crippen LogP contribution in [0.3, 0.4) is 0 Å². The molecule has 0 amide bonds. The molecule has 0 aliphatic heterocycles. The topological polar surface area (TPSA) is 42.1 Å². The van der Waals surface area contributed by atoms with Crippen LogP contribution in [0.1, 0.15) is 11.1 Å². The molecule has 0 unspecified atom stereocenters. The van der Waals surface area contributed by atoms with Gasteiger partial charge in [0, 0.05) is 6.20 Å². The minimum Gasteiger partial charge on any atom is -0.389 e. The van der Waals surface area contributed by atoms with Crippen LogP contribution in [0.2, 0.25) is 0 Å². The molecule has 0 aliphatic rings. The van der Waals surface area contributed by atoms with Gasteiger partial charge in [-0.2, -0.15) is 13.2 Å². The SMILES string of the molecule is O=c1c(C(F)(F)F)c[nH]c(OC(F)(F)F)c1CCl. The van der Waals surface area contributed by atoms with Crippen molar-refractivity contribution in [2.24, 2.45) is 0 Å². The number of hydrogen-bond acceptors (Lipinski definition) is 2. The van der Waals surface area contributed by atoms with Crippen LogP contribution in [0.15, 0.2) is 11.0 Å². The van der Waals surface area contributed by atoms with Gasteiger partial charge < -0.3 is 9.72 Å². The van der Waals surface area contributed by atoms with Gasteiger partial charge >= 0.3 is 12.5 Å². The first-order chi connectivity index (χ1) is 8.06. The van der Waals surface area contributed by atoms with Crippen molar-refractivity contribution >= 4 is 11.6 Å². The fraction of sp³-hybridized carbons (Fsp3) is 0.375. The molecule has 102 valence electrons. The summed E-state index contributed by atoms with van der Waals surface area (Å²) in [5, 5.41) is 0. The largest absolute Gasteiger partial charge is 0.574 e. The number of ether oxygens (including phenoxy) is 1. The highest BCUT2D eigenvalue weighted by Gasteiger charge is 2.37. The first kappa shape index (κ1) is 14.7. The number of nitrogens with one attached hydrogen (secondary N) is 1. The number of pyridine rings is 1. The zero-order valence-electron chi connectivity index (χ0n) is 8.25. The van der Waals surface area contributed by atoms with Gasteiger partial charge in [-0.15, -0.1) is 24.8 Å². The van der Waals surface area contributed by atoms with Crippen LogP contribution in [0, 0.1) is 0 Å². The zero-order valence-corrected chi connectivity index (χ0v) is 9.00. The lowest BCUT2D eigenvalue weighted by molar-refractivity contribution is -0.276. The maximum Gasteiger partial charge on any atom is 0.574 e. The van der Waals surface area contributed by atoms with Crippen molar-refractivity contribution in [3.8, 4) is 5.88 Å². The predicted octanol–water partition coefficient (Wildman–Crippen LogP) is 3.03. The van der Waals surface area contributed by atoms with Gasteiger partial charge in [-0.25, -0.2) is 0 Å². The van der Waals surface area contributed by atoms with Crippen molar-refractivity contribution in [2.75, 3.05) is 0 Å². The van der Waals surface area contributed by atoms with E-state index in [4.69, 9.17) is 11.6 Å². The van der Waals surface area contributed by atoms with Gasteiger partial charge in [0.1, 0.15) is 5.56 Å². The number of hydrogen-bond donors (Lipinski definition) is 1. The lowest BCUT2D eigenvalue weighted by atomic mass is 10.2.